The first-order valence-corrected chi connectivity index (χ1v) is 8.52. The summed E-state index contributed by atoms with van der Waals surface area (Å²) in [5.74, 6) is -0.187. The van der Waals surface area contributed by atoms with Gasteiger partial charge in [-0.15, -0.1) is 0 Å². The topological polar surface area (TPSA) is 38.9 Å². The van der Waals surface area contributed by atoms with Gasteiger partial charge < -0.3 is 4.57 Å². The molecule has 0 unspecified atom stereocenters. The van der Waals surface area contributed by atoms with Crippen LogP contribution in [0.2, 0.25) is 0 Å². The van der Waals surface area contributed by atoms with E-state index in [1.165, 1.54) is 11.6 Å². The predicted molar refractivity (Wildman–Crippen MR) is 95.3 cm³/mol. The molecule has 0 amide bonds. The lowest BCUT2D eigenvalue weighted by Crippen LogP contribution is -2.25. The fourth-order valence-electron chi connectivity index (χ4n) is 3.05. The number of imidazole rings is 1. The third kappa shape index (κ3) is 5.00. The van der Waals surface area contributed by atoms with E-state index in [0.29, 0.717) is 0 Å². The summed E-state index contributed by atoms with van der Waals surface area (Å²) < 4.78 is 17.4. The first kappa shape index (κ1) is 17.4. The molecule has 3 aromatic rings. The highest BCUT2D eigenvalue weighted by Crippen LogP contribution is 2.14. The molecule has 0 saturated carbocycles. The maximum Gasteiger partial charge on any atom is 0.123 e. The van der Waals surface area contributed by atoms with Gasteiger partial charge in [-0.2, -0.15) is 5.10 Å². The molecule has 0 aliphatic rings. The van der Waals surface area contributed by atoms with Crippen molar-refractivity contribution in [3.05, 3.63) is 71.8 Å². The largest absolute Gasteiger partial charge is 0.337 e. The Labute approximate surface area is 147 Å². The van der Waals surface area contributed by atoms with Crippen molar-refractivity contribution in [3.8, 4) is 0 Å². The van der Waals surface area contributed by atoms with E-state index >= 15 is 0 Å². The van der Waals surface area contributed by atoms with E-state index < -0.39 is 0 Å². The van der Waals surface area contributed by atoms with Crippen LogP contribution in [0.25, 0.3) is 0 Å². The zero-order valence-electron chi connectivity index (χ0n) is 14.8. The van der Waals surface area contributed by atoms with Gasteiger partial charge in [-0.05, 0) is 31.0 Å². The fraction of sp³-hybridized carbons (Fsp3) is 0.368. The minimum absolute atomic E-state index is 0.187. The molecule has 0 radical (unpaired) electrons. The molecule has 0 N–H and O–H groups in total. The van der Waals surface area contributed by atoms with E-state index in [2.05, 4.69) is 25.7 Å². The summed E-state index contributed by atoms with van der Waals surface area (Å²) in [4.78, 5) is 6.42. The Balaban J connectivity index is 1.67. The number of hydrogen-bond donors (Lipinski definition) is 0. The Morgan fingerprint density at radius 3 is 2.80 bits per heavy atom. The van der Waals surface area contributed by atoms with Crippen molar-refractivity contribution in [2.24, 2.45) is 7.05 Å². The lowest BCUT2D eigenvalue weighted by molar-refractivity contribution is 0.247. The van der Waals surface area contributed by atoms with Gasteiger partial charge in [-0.3, -0.25) is 9.58 Å². The number of nitrogens with zero attached hydrogens (tertiary/aromatic N) is 5. The lowest BCUT2D eigenvalue weighted by Gasteiger charge is -2.22. The number of aromatic nitrogens is 4. The molecule has 0 saturated heterocycles. The van der Waals surface area contributed by atoms with Crippen molar-refractivity contribution in [1.29, 1.82) is 0 Å². The molecule has 5 nitrogen and oxygen atoms in total. The second-order valence-corrected chi connectivity index (χ2v) is 6.41. The zero-order chi connectivity index (χ0) is 17.6. The van der Waals surface area contributed by atoms with Crippen molar-refractivity contribution in [2.45, 2.75) is 33.0 Å². The molecule has 132 valence electrons. The molecular formula is C19H24FN5. The van der Waals surface area contributed by atoms with E-state index in [9.17, 15) is 4.39 Å². The average Bonchev–Trinajstić information content (AvgIpc) is 3.17. The maximum absolute atomic E-state index is 13.5. The van der Waals surface area contributed by atoms with Gasteiger partial charge in [0.1, 0.15) is 5.82 Å². The Morgan fingerprint density at radius 2 is 2.12 bits per heavy atom. The summed E-state index contributed by atoms with van der Waals surface area (Å²) in [5, 5.41) is 4.42. The quantitative estimate of drug-likeness (QED) is 0.632. The molecule has 0 atom stereocenters. The van der Waals surface area contributed by atoms with Crippen LogP contribution in [-0.4, -0.2) is 30.8 Å². The molecule has 3 rings (SSSR count). The standard InChI is InChI=1S/C19H24FN5/c1-16-18(13-23(2)22-16)14-25(9-4-8-24-10-7-21-15-24)12-17-5-3-6-19(20)11-17/h3,5-7,10-11,13,15H,4,8-9,12,14H2,1-2H3. The lowest BCUT2D eigenvalue weighted by atomic mass is 10.1. The fourth-order valence-corrected chi connectivity index (χ4v) is 3.05. The number of aryl methyl sites for hydroxylation is 3. The zero-order valence-corrected chi connectivity index (χ0v) is 14.8. The Hall–Kier alpha value is -2.47. The van der Waals surface area contributed by atoms with E-state index in [1.807, 2.05) is 37.2 Å². The van der Waals surface area contributed by atoms with E-state index in [4.69, 9.17) is 0 Å². The highest BCUT2D eigenvalue weighted by molar-refractivity contribution is 5.18. The van der Waals surface area contributed by atoms with Gasteiger partial charge in [0.25, 0.3) is 0 Å². The summed E-state index contributed by atoms with van der Waals surface area (Å²) in [6.07, 6.45) is 8.67. The highest BCUT2D eigenvalue weighted by atomic mass is 19.1. The molecule has 2 aromatic heterocycles. The van der Waals surface area contributed by atoms with E-state index in [1.54, 1.807) is 18.3 Å². The van der Waals surface area contributed by atoms with Crippen molar-refractivity contribution in [1.82, 2.24) is 24.2 Å². The first-order chi connectivity index (χ1) is 12.1. The molecule has 0 spiro atoms. The van der Waals surface area contributed by atoms with Crippen LogP contribution in [0.4, 0.5) is 4.39 Å². The maximum atomic E-state index is 13.5. The smallest absolute Gasteiger partial charge is 0.123 e. The van der Waals surface area contributed by atoms with Crippen molar-refractivity contribution in [3.63, 3.8) is 0 Å². The molecule has 6 heteroatoms. The van der Waals surface area contributed by atoms with Crippen LogP contribution >= 0.6 is 0 Å². The number of hydrogen-bond acceptors (Lipinski definition) is 3. The van der Waals surface area contributed by atoms with Crippen LogP contribution in [0.5, 0.6) is 0 Å². The van der Waals surface area contributed by atoms with Crippen LogP contribution in [0.1, 0.15) is 23.2 Å². The van der Waals surface area contributed by atoms with E-state index in [0.717, 1.165) is 43.9 Å². The minimum Gasteiger partial charge on any atom is -0.337 e. The third-order valence-electron chi connectivity index (χ3n) is 4.25. The van der Waals surface area contributed by atoms with Gasteiger partial charge in [0.15, 0.2) is 0 Å². The van der Waals surface area contributed by atoms with Gasteiger partial charge in [0.2, 0.25) is 0 Å². The first-order valence-electron chi connectivity index (χ1n) is 8.52. The van der Waals surface area contributed by atoms with Crippen LogP contribution in [-0.2, 0) is 26.7 Å². The van der Waals surface area contributed by atoms with Gasteiger partial charge in [0, 0.05) is 57.4 Å². The molecule has 0 aliphatic heterocycles. The van der Waals surface area contributed by atoms with Crippen LogP contribution < -0.4 is 0 Å². The van der Waals surface area contributed by atoms with Crippen molar-refractivity contribution in [2.75, 3.05) is 6.54 Å². The normalized spacial score (nSPS) is 11.4. The van der Waals surface area contributed by atoms with Gasteiger partial charge in [-0.25, -0.2) is 9.37 Å². The number of rotatable bonds is 8. The van der Waals surface area contributed by atoms with Crippen molar-refractivity contribution >= 4 is 0 Å². The third-order valence-corrected chi connectivity index (χ3v) is 4.25. The Morgan fingerprint density at radius 1 is 1.24 bits per heavy atom. The second kappa shape index (κ2) is 8.07. The molecule has 2 heterocycles. The predicted octanol–water partition coefficient (Wildman–Crippen LogP) is 3.16. The van der Waals surface area contributed by atoms with E-state index in [-0.39, 0.29) is 5.82 Å². The average molecular weight is 341 g/mol. The summed E-state index contributed by atoms with van der Waals surface area (Å²) in [6, 6.07) is 6.84. The summed E-state index contributed by atoms with van der Waals surface area (Å²) in [6.45, 7) is 5.39. The molecular weight excluding hydrogens is 317 g/mol. The Kier molecular flexibility index (Phi) is 5.60. The van der Waals surface area contributed by atoms with Gasteiger partial charge in [-0.1, -0.05) is 12.1 Å². The summed E-state index contributed by atoms with van der Waals surface area (Å²) in [5.41, 5.74) is 3.24. The number of benzene rings is 1. The van der Waals surface area contributed by atoms with Gasteiger partial charge in [0.05, 0.1) is 12.0 Å². The molecule has 0 bridgehead atoms. The molecule has 1 aromatic carbocycles. The monoisotopic (exact) mass is 341 g/mol. The summed E-state index contributed by atoms with van der Waals surface area (Å²) >= 11 is 0. The molecule has 25 heavy (non-hydrogen) atoms. The van der Waals surface area contributed by atoms with Crippen LogP contribution in [0.15, 0.2) is 49.2 Å². The van der Waals surface area contributed by atoms with Gasteiger partial charge >= 0.3 is 0 Å². The van der Waals surface area contributed by atoms with Crippen molar-refractivity contribution < 1.29 is 4.39 Å². The molecule has 0 aliphatic carbocycles. The highest BCUT2D eigenvalue weighted by Gasteiger charge is 2.11. The minimum atomic E-state index is -0.187. The van der Waals surface area contributed by atoms with Crippen LogP contribution in [0.3, 0.4) is 0 Å². The number of halogens is 1. The second-order valence-electron chi connectivity index (χ2n) is 6.41. The Bertz CT molecular complexity index is 794. The van der Waals surface area contributed by atoms with Crippen LogP contribution in [0, 0.1) is 12.7 Å². The molecule has 0 fully saturated rings. The SMILES string of the molecule is Cc1nn(C)cc1CN(CCCn1ccnc1)Cc1cccc(F)c1. The summed E-state index contributed by atoms with van der Waals surface area (Å²) in [7, 11) is 1.94.